The van der Waals surface area contributed by atoms with Crippen LogP contribution in [0.3, 0.4) is 0 Å². The summed E-state index contributed by atoms with van der Waals surface area (Å²) in [6, 6.07) is 16.2. The van der Waals surface area contributed by atoms with Crippen LogP contribution in [-0.4, -0.2) is 15.3 Å². The highest BCUT2D eigenvalue weighted by atomic mass is 32.1. The Bertz CT molecular complexity index is 1090. The summed E-state index contributed by atoms with van der Waals surface area (Å²) in [5, 5.41) is 13.8. The maximum absolute atomic E-state index is 12.4. The van der Waals surface area contributed by atoms with Gasteiger partial charge in [-0.1, -0.05) is 18.2 Å². The van der Waals surface area contributed by atoms with Gasteiger partial charge in [0.2, 0.25) is 0 Å². The van der Waals surface area contributed by atoms with Gasteiger partial charge < -0.3 is 5.32 Å². The SMILES string of the molecule is N#Cc1cccc(C(=O)Nc2cccc(-c3cn4ccsc4n3)c2)c1. The maximum atomic E-state index is 12.4. The minimum Gasteiger partial charge on any atom is -0.322 e. The number of nitriles is 1. The fourth-order valence-corrected chi connectivity index (χ4v) is 3.26. The Morgan fingerprint density at radius 3 is 2.92 bits per heavy atom. The second-order valence-electron chi connectivity index (χ2n) is 5.45. The molecule has 5 nitrogen and oxygen atoms in total. The van der Waals surface area contributed by atoms with Crippen LogP contribution >= 0.6 is 11.3 Å². The Kier molecular flexibility index (Phi) is 3.77. The van der Waals surface area contributed by atoms with E-state index in [1.165, 1.54) is 0 Å². The van der Waals surface area contributed by atoms with Gasteiger partial charge in [-0.3, -0.25) is 9.20 Å². The quantitative estimate of drug-likeness (QED) is 0.606. The number of fused-ring (bicyclic) bond motifs is 1. The van der Waals surface area contributed by atoms with Gasteiger partial charge in [0, 0.05) is 34.6 Å². The summed E-state index contributed by atoms with van der Waals surface area (Å²) in [5.74, 6) is -0.250. The molecule has 4 aromatic rings. The smallest absolute Gasteiger partial charge is 0.255 e. The molecule has 0 fully saturated rings. The number of carbonyl (C=O) groups excluding carboxylic acids is 1. The van der Waals surface area contributed by atoms with E-state index in [1.807, 2.05) is 52.5 Å². The Balaban J connectivity index is 1.60. The number of hydrogen-bond donors (Lipinski definition) is 1. The van der Waals surface area contributed by atoms with Gasteiger partial charge in [-0.2, -0.15) is 5.26 Å². The predicted molar refractivity (Wildman–Crippen MR) is 97.6 cm³/mol. The number of aromatic nitrogens is 2. The third kappa shape index (κ3) is 3.01. The molecule has 0 bridgehead atoms. The predicted octanol–water partition coefficient (Wildman–Crippen LogP) is 4.19. The van der Waals surface area contributed by atoms with Crippen LogP contribution in [0.15, 0.2) is 66.3 Å². The molecule has 0 spiro atoms. The Hall–Kier alpha value is -3.43. The maximum Gasteiger partial charge on any atom is 0.255 e. The standard InChI is InChI=1S/C19H12N4OS/c20-11-13-3-1-5-15(9-13)18(24)21-16-6-2-4-14(10-16)17-12-23-7-8-25-19(23)22-17/h1-10,12H,(H,21,24). The number of anilines is 1. The fraction of sp³-hybridized carbons (Fsp3) is 0. The van der Waals surface area contributed by atoms with Crippen LogP contribution < -0.4 is 5.32 Å². The molecule has 1 amide bonds. The number of nitrogens with one attached hydrogen (secondary N) is 1. The lowest BCUT2D eigenvalue weighted by molar-refractivity contribution is 0.102. The van der Waals surface area contributed by atoms with Crippen molar-refractivity contribution in [2.75, 3.05) is 5.32 Å². The average Bonchev–Trinajstić information content (AvgIpc) is 3.24. The van der Waals surface area contributed by atoms with E-state index >= 15 is 0 Å². The molecule has 2 aromatic carbocycles. The van der Waals surface area contributed by atoms with Gasteiger partial charge >= 0.3 is 0 Å². The Labute approximate surface area is 147 Å². The largest absolute Gasteiger partial charge is 0.322 e. The van der Waals surface area contributed by atoms with Crippen molar-refractivity contribution < 1.29 is 4.79 Å². The lowest BCUT2D eigenvalue weighted by Gasteiger charge is -2.07. The number of carbonyl (C=O) groups is 1. The summed E-state index contributed by atoms with van der Waals surface area (Å²) in [7, 11) is 0. The molecule has 0 saturated carbocycles. The third-order valence-electron chi connectivity index (χ3n) is 3.76. The van der Waals surface area contributed by atoms with Gasteiger partial charge in [0.25, 0.3) is 5.91 Å². The molecule has 25 heavy (non-hydrogen) atoms. The van der Waals surface area contributed by atoms with Gasteiger partial charge in [-0.15, -0.1) is 11.3 Å². The highest BCUT2D eigenvalue weighted by Crippen LogP contribution is 2.24. The van der Waals surface area contributed by atoms with E-state index in [2.05, 4.69) is 10.3 Å². The molecule has 120 valence electrons. The van der Waals surface area contributed by atoms with E-state index in [-0.39, 0.29) is 5.91 Å². The average molecular weight is 344 g/mol. The first-order chi connectivity index (χ1) is 12.2. The highest BCUT2D eigenvalue weighted by Gasteiger charge is 2.09. The number of hydrogen-bond acceptors (Lipinski definition) is 4. The molecule has 1 N–H and O–H groups in total. The molecule has 0 saturated heterocycles. The first-order valence-electron chi connectivity index (χ1n) is 7.57. The molecular weight excluding hydrogens is 332 g/mol. The van der Waals surface area contributed by atoms with Crippen LogP contribution in [0.2, 0.25) is 0 Å². The van der Waals surface area contributed by atoms with Crippen LogP contribution in [0, 0.1) is 11.3 Å². The van der Waals surface area contributed by atoms with E-state index < -0.39 is 0 Å². The van der Waals surface area contributed by atoms with Crippen molar-refractivity contribution in [3.8, 4) is 17.3 Å². The Morgan fingerprint density at radius 1 is 1.20 bits per heavy atom. The second-order valence-corrected chi connectivity index (χ2v) is 6.32. The fourth-order valence-electron chi connectivity index (χ4n) is 2.56. The van der Waals surface area contributed by atoms with Crippen LogP contribution in [0.4, 0.5) is 5.69 Å². The zero-order chi connectivity index (χ0) is 17.2. The first kappa shape index (κ1) is 15.1. The molecule has 0 aliphatic rings. The lowest BCUT2D eigenvalue weighted by Crippen LogP contribution is -2.11. The number of benzene rings is 2. The van der Waals surface area contributed by atoms with Crippen molar-refractivity contribution >= 4 is 27.9 Å². The molecule has 0 aliphatic carbocycles. The van der Waals surface area contributed by atoms with Crippen molar-refractivity contribution in [2.45, 2.75) is 0 Å². The van der Waals surface area contributed by atoms with Gasteiger partial charge in [-0.25, -0.2) is 4.98 Å². The van der Waals surface area contributed by atoms with Crippen molar-refractivity contribution in [3.63, 3.8) is 0 Å². The van der Waals surface area contributed by atoms with Crippen LogP contribution in [0.25, 0.3) is 16.2 Å². The topological polar surface area (TPSA) is 70.2 Å². The summed E-state index contributed by atoms with van der Waals surface area (Å²) in [5.41, 5.74) is 3.38. The first-order valence-corrected chi connectivity index (χ1v) is 8.45. The molecule has 2 aromatic heterocycles. The van der Waals surface area contributed by atoms with Crippen LogP contribution in [-0.2, 0) is 0 Å². The molecular formula is C19H12N4OS. The molecule has 2 heterocycles. The molecule has 0 unspecified atom stereocenters. The third-order valence-corrected chi connectivity index (χ3v) is 4.53. The van der Waals surface area contributed by atoms with Gasteiger partial charge in [0.05, 0.1) is 17.3 Å². The summed E-state index contributed by atoms with van der Waals surface area (Å²) in [6.07, 6.45) is 3.92. The zero-order valence-corrected chi connectivity index (χ0v) is 13.8. The van der Waals surface area contributed by atoms with E-state index in [4.69, 9.17) is 5.26 Å². The van der Waals surface area contributed by atoms with Gasteiger partial charge in [0.15, 0.2) is 4.96 Å². The Morgan fingerprint density at radius 2 is 2.08 bits per heavy atom. The van der Waals surface area contributed by atoms with E-state index in [0.717, 1.165) is 16.2 Å². The minimum atomic E-state index is -0.250. The summed E-state index contributed by atoms with van der Waals surface area (Å²) in [4.78, 5) is 17.9. The van der Waals surface area contributed by atoms with Crippen LogP contribution in [0.1, 0.15) is 15.9 Å². The van der Waals surface area contributed by atoms with Crippen molar-refractivity contribution in [1.82, 2.24) is 9.38 Å². The monoisotopic (exact) mass is 344 g/mol. The number of thiazole rings is 1. The summed E-state index contributed by atoms with van der Waals surface area (Å²) < 4.78 is 1.97. The zero-order valence-electron chi connectivity index (χ0n) is 13.0. The molecule has 6 heteroatoms. The van der Waals surface area contributed by atoms with Crippen molar-refractivity contribution in [1.29, 1.82) is 5.26 Å². The van der Waals surface area contributed by atoms with E-state index in [0.29, 0.717) is 16.8 Å². The van der Waals surface area contributed by atoms with Crippen molar-refractivity contribution in [2.24, 2.45) is 0 Å². The van der Waals surface area contributed by atoms with Crippen LogP contribution in [0.5, 0.6) is 0 Å². The lowest BCUT2D eigenvalue weighted by atomic mass is 10.1. The number of rotatable bonds is 3. The van der Waals surface area contributed by atoms with Gasteiger partial charge in [-0.05, 0) is 30.3 Å². The van der Waals surface area contributed by atoms with Gasteiger partial charge in [0.1, 0.15) is 0 Å². The molecule has 0 atom stereocenters. The van der Waals surface area contributed by atoms with E-state index in [9.17, 15) is 4.79 Å². The molecule has 0 radical (unpaired) electrons. The molecule has 0 aliphatic heterocycles. The van der Waals surface area contributed by atoms with E-state index in [1.54, 1.807) is 35.6 Å². The number of nitrogens with zero attached hydrogens (tertiary/aromatic N) is 3. The molecule has 4 rings (SSSR count). The van der Waals surface area contributed by atoms with Crippen molar-refractivity contribution in [3.05, 3.63) is 77.4 Å². The minimum absolute atomic E-state index is 0.250. The highest BCUT2D eigenvalue weighted by molar-refractivity contribution is 7.15. The summed E-state index contributed by atoms with van der Waals surface area (Å²) >= 11 is 1.57. The number of imidazole rings is 1. The summed E-state index contributed by atoms with van der Waals surface area (Å²) in [6.45, 7) is 0. The number of amides is 1. The second kappa shape index (κ2) is 6.23. The normalized spacial score (nSPS) is 10.5.